The average Bonchev–Trinajstić information content (AvgIpc) is 3.29. The van der Waals surface area contributed by atoms with Gasteiger partial charge in [0.2, 0.25) is 5.91 Å². The van der Waals surface area contributed by atoms with Crippen molar-refractivity contribution in [3.8, 4) is 6.07 Å². The summed E-state index contributed by atoms with van der Waals surface area (Å²) in [5, 5.41) is 19.1. The van der Waals surface area contributed by atoms with Gasteiger partial charge in [0.05, 0.1) is 18.4 Å². The first-order valence-corrected chi connectivity index (χ1v) is 8.87. The third-order valence-corrected chi connectivity index (χ3v) is 5.60. The van der Waals surface area contributed by atoms with E-state index in [2.05, 4.69) is 33.5 Å². The molecular weight excluding hydrogens is 304 g/mol. The van der Waals surface area contributed by atoms with E-state index >= 15 is 0 Å². The van der Waals surface area contributed by atoms with E-state index < -0.39 is 5.41 Å². The van der Waals surface area contributed by atoms with Gasteiger partial charge >= 0.3 is 0 Å². The number of hydrogen-bond donors (Lipinski definition) is 4. The van der Waals surface area contributed by atoms with Gasteiger partial charge in [0.25, 0.3) is 0 Å². The summed E-state index contributed by atoms with van der Waals surface area (Å²) in [7, 11) is 0. The Hall–Kier alpha value is -1.46. The van der Waals surface area contributed by atoms with E-state index in [-0.39, 0.29) is 24.2 Å². The minimum Gasteiger partial charge on any atom is -0.354 e. The van der Waals surface area contributed by atoms with Gasteiger partial charge in [0.15, 0.2) is 0 Å². The maximum atomic E-state index is 12.2. The summed E-state index contributed by atoms with van der Waals surface area (Å²) in [5.74, 6) is 0.680. The Balaban J connectivity index is 1.60. The SMILES string of the molecule is C=CC1NCC(CNC(=O)C2(C#N)CC2)C(N2CCC(CN)C2)N1. The second-order valence-corrected chi connectivity index (χ2v) is 7.28. The Bertz CT molecular complexity index is 526. The number of nitrogens with two attached hydrogens (primary N) is 1. The zero-order valence-corrected chi connectivity index (χ0v) is 14.1. The van der Waals surface area contributed by atoms with Crippen molar-refractivity contribution in [2.24, 2.45) is 23.0 Å². The van der Waals surface area contributed by atoms with E-state index in [4.69, 9.17) is 11.0 Å². The maximum Gasteiger partial charge on any atom is 0.240 e. The summed E-state index contributed by atoms with van der Waals surface area (Å²) in [5.41, 5.74) is 5.06. The van der Waals surface area contributed by atoms with Crippen LogP contribution in [0.5, 0.6) is 0 Å². The molecule has 5 N–H and O–H groups in total. The molecule has 24 heavy (non-hydrogen) atoms. The lowest BCUT2D eigenvalue weighted by molar-refractivity contribution is -0.124. The van der Waals surface area contributed by atoms with Crippen LogP contribution >= 0.6 is 0 Å². The molecule has 132 valence electrons. The normalized spacial score (nSPS) is 35.2. The highest BCUT2D eigenvalue weighted by Crippen LogP contribution is 2.45. The summed E-state index contributed by atoms with van der Waals surface area (Å²) in [6.07, 6.45) is 4.62. The zero-order chi connectivity index (χ0) is 17.2. The van der Waals surface area contributed by atoms with Gasteiger partial charge in [-0.25, -0.2) is 0 Å². The second kappa shape index (κ2) is 7.19. The Kier molecular flexibility index (Phi) is 5.21. The molecule has 1 aliphatic carbocycles. The van der Waals surface area contributed by atoms with Gasteiger partial charge in [0.1, 0.15) is 5.41 Å². The number of carbonyl (C=O) groups is 1. The lowest BCUT2D eigenvalue weighted by Gasteiger charge is -2.42. The van der Waals surface area contributed by atoms with Gasteiger partial charge in [0, 0.05) is 32.1 Å². The fraction of sp³-hybridized carbons (Fsp3) is 0.765. The molecule has 0 radical (unpaired) electrons. The molecule has 2 heterocycles. The van der Waals surface area contributed by atoms with Crippen LogP contribution in [0.3, 0.4) is 0 Å². The Morgan fingerprint density at radius 2 is 2.33 bits per heavy atom. The van der Waals surface area contributed by atoms with Crippen molar-refractivity contribution < 1.29 is 4.79 Å². The Morgan fingerprint density at radius 3 is 2.92 bits per heavy atom. The van der Waals surface area contributed by atoms with E-state index in [1.54, 1.807) is 0 Å². The Labute approximate surface area is 143 Å². The lowest BCUT2D eigenvalue weighted by atomic mass is 10.00. The monoisotopic (exact) mass is 332 g/mol. The molecular formula is C17H28N6O. The number of carbonyl (C=O) groups excluding carboxylic acids is 1. The molecule has 0 aromatic heterocycles. The highest BCUT2D eigenvalue weighted by Gasteiger charge is 2.50. The number of amides is 1. The standard InChI is InChI=1S/C17H28N6O/c1-2-14-20-8-13(9-21-16(24)17(11-19)4-5-17)15(22-14)23-6-3-12(7-18)10-23/h2,12-15,20,22H,1,3-10,18H2,(H,21,24). The predicted octanol–water partition coefficient (Wildman–Crippen LogP) is -0.666. The smallest absolute Gasteiger partial charge is 0.240 e. The van der Waals surface area contributed by atoms with Crippen LogP contribution in [-0.4, -0.2) is 55.9 Å². The van der Waals surface area contributed by atoms with Crippen LogP contribution in [0.4, 0.5) is 0 Å². The molecule has 3 aliphatic rings. The van der Waals surface area contributed by atoms with Gasteiger partial charge in [-0.1, -0.05) is 6.08 Å². The molecule has 2 saturated heterocycles. The quantitative estimate of drug-likeness (QED) is 0.481. The topological polar surface area (TPSA) is 106 Å². The average molecular weight is 332 g/mol. The van der Waals surface area contributed by atoms with Gasteiger partial charge in [-0.15, -0.1) is 6.58 Å². The molecule has 3 fully saturated rings. The largest absolute Gasteiger partial charge is 0.354 e. The number of nitrogens with one attached hydrogen (secondary N) is 3. The molecule has 0 spiro atoms. The summed E-state index contributed by atoms with van der Waals surface area (Å²) in [4.78, 5) is 14.7. The Morgan fingerprint density at radius 1 is 1.54 bits per heavy atom. The van der Waals surface area contributed by atoms with Crippen molar-refractivity contribution in [2.75, 3.05) is 32.7 Å². The van der Waals surface area contributed by atoms with Crippen molar-refractivity contribution in [2.45, 2.75) is 31.6 Å². The van der Waals surface area contributed by atoms with E-state index in [0.29, 0.717) is 25.3 Å². The van der Waals surface area contributed by atoms with Gasteiger partial charge in [-0.05, 0) is 31.7 Å². The van der Waals surface area contributed by atoms with Gasteiger partial charge < -0.3 is 11.1 Å². The molecule has 1 saturated carbocycles. The number of likely N-dealkylation sites (tertiary alicyclic amines) is 1. The van der Waals surface area contributed by atoms with E-state index in [0.717, 1.165) is 32.6 Å². The summed E-state index contributed by atoms with van der Waals surface area (Å²) in [6, 6.07) is 2.15. The predicted molar refractivity (Wildman–Crippen MR) is 91.4 cm³/mol. The lowest BCUT2D eigenvalue weighted by Crippen LogP contribution is -2.65. The van der Waals surface area contributed by atoms with Crippen molar-refractivity contribution in [1.29, 1.82) is 5.26 Å². The molecule has 7 nitrogen and oxygen atoms in total. The first kappa shape index (κ1) is 17.4. The van der Waals surface area contributed by atoms with Gasteiger partial charge in [-0.2, -0.15) is 5.26 Å². The van der Waals surface area contributed by atoms with Crippen molar-refractivity contribution >= 4 is 5.91 Å². The van der Waals surface area contributed by atoms with Crippen molar-refractivity contribution in [3.05, 3.63) is 12.7 Å². The minimum absolute atomic E-state index is 0.0766. The van der Waals surface area contributed by atoms with Crippen LogP contribution < -0.4 is 21.7 Å². The van der Waals surface area contributed by atoms with Crippen LogP contribution in [-0.2, 0) is 4.79 Å². The number of hydrogen-bond acceptors (Lipinski definition) is 6. The summed E-state index contributed by atoms with van der Waals surface area (Å²) < 4.78 is 0. The number of nitrogens with zero attached hydrogens (tertiary/aromatic N) is 2. The van der Waals surface area contributed by atoms with Crippen LogP contribution in [0.2, 0.25) is 0 Å². The summed E-state index contributed by atoms with van der Waals surface area (Å²) in [6.45, 7) is 7.97. The molecule has 2 aliphatic heterocycles. The number of nitriles is 1. The molecule has 0 bridgehead atoms. The van der Waals surface area contributed by atoms with Crippen LogP contribution in [0.25, 0.3) is 0 Å². The third-order valence-electron chi connectivity index (χ3n) is 5.60. The minimum atomic E-state index is -0.757. The first-order chi connectivity index (χ1) is 11.6. The zero-order valence-electron chi connectivity index (χ0n) is 14.1. The molecule has 0 aromatic carbocycles. The van der Waals surface area contributed by atoms with Crippen LogP contribution in [0.15, 0.2) is 12.7 Å². The van der Waals surface area contributed by atoms with E-state index in [9.17, 15) is 4.79 Å². The summed E-state index contributed by atoms with van der Waals surface area (Å²) >= 11 is 0. The van der Waals surface area contributed by atoms with Crippen LogP contribution in [0, 0.1) is 28.6 Å². The molecule has 0 aromatic rings. The number of rotatable bonds is 6. The van der Waals surface area contributed by atoms with Crippen LogP contribution in [0.1, 0.15) is 19.3 Å². The van der Waals surface area contributed by atoms with E-state index in [1.807, 2.05) is 6.08 Å². The maximum absolute atomic E-state index is 12.2. The van der Waals surface area contributed by atoms with E-state index in [1.165, 1.54) is 0 Å². The molecule has 7 heteroatoms. The molecule has 4 atom stereocenters. The highest BCUT2D eigenvalue weighted by atomic mass is 16.2. The van der Waals surface area contributed by atoms with Gasteiger partial charge in [-0.3, -0.25) is 20.3 Å². The fourth-order valence-electron chi connectivity index (χ4n) is 3.72. The molecule has 4 unspecified atom stereocenters. The fourth-order valence-corrected chi connectivity index (χ4v) is 3.72. The molecule has 3 rings (SSSR count). The van der Waals surface area contributed by atoms with Crippen molar-refractivity contribution in [3.63, 3.8) is 0 Å². The second-order valence-electron chi connectivity index (χ2n) is 7.28. The first-order valence-electron chi connectivity index (χ1n) is 8.87. The third kappa shape index (κ3) is 3.47. The molecule has 1 amide bonds. The highest BCUT2D eigenvalue weighted by molar-refractivity contribution is 5.88. The van der Waals surface area contributed by atoms with Crippen molar-refractivity contribution in [1.82, 2.24) is 20.9 Å².